The van der Waals surface area contributed by atoms with E-state index in [0.717, 1.165) is 50.7 Å². The first-order valence-electron chi connectivity index (χ1n) is 7.40. The molecule has 3 heteroatoms. The quantitative estimate of drug-likeness (QED) is 0.712. The number of hydrogen-bond donors (Lipinski definition) is 1. The Balaban J connectivity index is 2.62. The lowest BCUT2D eigenvalue weighted by molar-refractivity contribution is -0.0143. The Hall–Kier alpha value is -1.01. The molecule has 0 aliphatic heterocycles. The monoisotopic (exact) mass is 265 g/mol. The molecule has 3 nitrogen and oxygen atoms in total. The van der Waals surface area contributed by atoms with Crippen LogP contribution in [-0.2, 0) is 4.74 Å². The van der Waals surface area contributed by atoms with Gasteiger partial charge in [-0.3, -0.25) is 0 Å². The summed E-state index contributed by atoms with van der Waals surface area (Å²) < 4.78 is 5.23. The molecule has 0 heterocycles. The minimum absolute atomic E-state index is 0.250. The van der Waals surface area contributed by atoms with E-state index in [1.165, 1.54) is 0 Å². The Morgan fingerprint density at radius 1 is 1.58 bits per heavy atom. The molecular weight excluding hydrogens is 238 g/mol. The molecular formula is C16H27NO2. The summed E-state index contributed by atoms with van der Waals surface area (Å²) in [6.45, 7) is 3.97. The van der Waals surface area contributed by atoms with Gasteiger partial charge in [0.2, 0.25) is 0 Å². The van der Waals surface area contributed by atoms with Crippen LogP contribution in [0.5, 0.6) is 0 Å². The third-order valence-corrected chi connectivity index (χ3v) is 4.24. The molecule has 1 aliphatic carbocycles. The number of rotatable bonds is 7. The molecule has 3 atom stereocenters. The number of nitrogens with zero attached hydrogens (tertiary/aromatic N) is 1. The molecule has 0 aromatic heterocycles. The highest BCUT2D eigenvalue weighted by molar-refractivity contribution is 5.07. The fourth-order valence-electron chi connectivity index (χ4n) is 2.96. The highest BCUT2D eigenvalue weighted by atomic mass is 16.5. The second-order valence-electron chi connectivity index (χ2n) is 5.83. The van der Waals surface area contributed by atoms with E-state index in [1.807, 2.05) is 6.92 Å². The van der Waals surface area contributed by atoms with Gasteiger partial charge < -0.3 is 9.84 Å². The first-order chi connectivity index (χ1) is 9.05. The molecule has 1 N–H and O–H groups in total. The Morgan fingerprint density at radius 2 is 2.32 bits per heavy atom. The van der Waals surface area contributed by atoms with Crippen molar-refractivity contribution in [1.29, 1.82) is 5.26 Å². The van der Waals surface area contributed by atoms with Crippen molar-refractivity contribution in [2.45, 2.75) is 64.4 Å². The number of methoxy groups -OCH3 is 1. The summed E-state index contributed by atoms with van der Waals surface area (Å²) in [5.41, 5.74) is -0.868. The largest absolute Gasteiger partial charge is 0.501 e. The lowest BCUT2D eigenvalue weighted by Gasteiger charge is -2.35. The molecule has 1 aliphatic rings. The summed E-state index contributed by atoms with van der Waals surface area (Å²) in [7, 11) is 1.69. The topological polar surface area (TPSA) is 53.2 Å². The maximum atomic E-state index is 10.6. The van der Waals surface area contributed by atoms with Crippen molar-refractivity contribution in [3.63, 3.8) is 0 Å². The molecule has 0 bridgehead atoms. The molecule has 0 fully saturated rings. The molecule has 0 saturated heterocycles. The summed E-state index contributed by atoms with van der Waals surface area (Å²) in [4.78, 5) is 0. The van der Waals surface area contributed by atoms with Gasteiger partial charge in [-0.05, 0) is 38.2 Å². The first-order valence-corrected chi connectivity index (χ1v) is 7.40. The smallest absolute Gasteiger partial charge is 0.0915 e. The molecule has 0 aromatic rings. The van der Waals surface area contributed by atoms with E-state index in [0.29, 0.717) is 0 Å². The van der Waals surface area contributed by atoms with Crippen molar-refractivity contribution in [3.8, 4) is 6.07 Å². The summed E-state index contributed by atoms with van der Waals surface area (Å²) in [6.07, 6.45) is 8.69. The normalized spacial score (nSPS) is 23.9. The lowest BCUT2D eigenvalue weighted by Crippen LogP contribution is -2.39. The van der Waals surface area contributed by atoms with Crippen LogP contribution in [0.1, 0.15) is 58.8 Å². The number of allylic oxidation sites excluding steroid dienone is 2. The maximum absolute atomic E-state index is 10.6. The van der Waals surface area contributed by atoms with E-state index < -0.39 is 5.60 Å². The van der Waals surface area contributed by atoms with Gasteiger partial charge in [0.25, 0.3) is 0 Å². The second kappa shape index (κ2) is 7.55. The van der Waals surface area contributed by atoms with E-state index in [1.54, 1.807) is 7.11 Å². The highest BCUT2D eigenvalue weighted by Crippen LogP contribution is 2.37. The molecule has 0 saturated carbocycles. The van der Waals surface area contributed by atoms with Gasteiger partial charge in [0.05, 0.1) is 30.5 Å². The van der Waals surface area contributed by atoms with Gasteiger partial charge in [0, 0.05) is 6.42 Å². The average Bonchev–Trinajstić information content (AvgIpc) is 2.40. The van der Waals surface area contributed by atoms with Crippen LogP contribution in [0.4, 0.5) is 0 Å². The minimum atomic E-state index is -0.868. The molecule has 108 valence electrons. The maximum Gasteiger partial charge on any atom is 0.0915 e. The Labute approximate surface area is 117 Å². The first kappa shape index (κ1) is 16.0. The lowest BCUT2D eigenvalue weighted by atomic mass is 9.73. The molecule has 0 aromatic carbocycles. The van der Waals surface area contributed by atoms with Gasteiger partial charge in [-0.2, -0.15) is 5.26 Å². The third kappa shape index (κ3) is 4.54. The van der Waals surface area contributed by atoms with Gasteiger partial charge >= 0.3 is 0 Å². The van der Waals surface area contributed by atoms with Crippen molar-refractivity contribution in [1.82, 2.24) is 0 Å². The van der Waals surface area contributed by atoms with E-state index in [9.17, 15) is 10.4 Å². The van der Waals surface area contributed by atoms with Crippen LogP contribution >= 0.6 is 0 Å². The Kier molecular flexibility index (Phi) is 6.37. The SMILES string of the molecule is CCCCCC(C)(O)C(C#N)C1CC=C(OC)CC1. The number of unbranched alkanes of at least 4 members (excludes halogenated alkanes) is 2. The van der Waals surface area contributed by atoms with E-state index in [4.69, 9.17) is 4.74 Å². The predicted molar refractivity (Wildman–Crippen MR) is 76.3 cm³/mol. The van der Waals surface area contributed by atoms with Gasteiger partial charge in [-0.15, -0.1) is 0 Å². The van der Waals surface area contributed by atoms with Crippen LogP contribution in [0.15, 0.2) is 11.8 Å². The molecule has 0 radical (unpaired) electrons. The van der Waals surface area contributed by atoms with Crippen molar-refractivity contribution in [2.24, 2.45) is 11.8 Å². The van der Waals surface area contributed by atoms with E-state index in [2.05, 4.69) is 19.1 Å². The van der Waals surface area contributed by atoms with Gasteiger partial charge in [-0.25, -0.2) is 0 Å². The highest BCUT2D eigenvalue weighted by Gasteiger charge is 2.37. The Bertz CT molecular complexity index is 341. The number of aliphatic hydroxyl groups is 1. The van der Waals surface area contributed by atoms with Crippen LogP contribution in [-0.4, -0.2) is 17.8 Å². The summed E-state index contributed by atoms with van der Waals surface area (Å²) in [5.74, 6) is 0.984. The van der Waals surface area contributed by atoms with Crippen LogP contribution in [0, 0.1) is 23.2 Å². The summed E-state index contributed by atoms with van der Waals surface area (Å²) in [6, 6.07) is 2.35. The second-order valence-corrected chi connectivity index (χ2v) is 5.83. The molecule has 3 unspecified atom stereocenters. The van der Waals surface area contributed by atoms with Crippen LogP contribution in [0.25, 0.3) is 0 Å². The predicted octanol–water partition coefficient (Wildman–Crippen LogP) is 3.79. The van der Waals surface area contributed by atoms with Crippen LogP contribution in [0.3, 0.4) is 0 Å². The standard InChI is InChI=1S/C16H27NO2/c1-4-5-6-11-16(2,18)15(12-17)13-7-9-14(19-3)10-8-13/h9,13,15,18H,4-8,10-11H2,1-3H3. The number of nitriles is 1. The molecule has 1 rings (SSSR count). The van der Waals surface area contributed by atoms with Crippen molar-refractivity contribution in [2.75, 3.05) is 7.11 Å². The van der Waals surface area contributed by atoms with E-state index in [-0.39, 0.29) is 11.8 Å². The fraction of sp³-hybridized carbons (Fsp3) is 0.812. The zero-order valence-electron chi connectivity index (χ0n) is 12.5. The minimum Gasteiger partial charge on any atom is -0.501 e. The molecule has 19 heavy (non-hydrogen) atoms. The number of ether oxygens (including phenoxy) is 1. The average molecular weight is 265 g/mol. The van der Waals surface area contributed by atoms with Crippen molar-refractivity contribution in [3.05, 3.63) is 11.8 Å². The van der Waals surface area contributed by atoms with Crippen LogP contribution < -0.4 is 0 Å². The zero-order chi connectivity index (χ0) is 14.3. The third-order valence-electron chi connectivity index (χ3n) is 4.24. The Morgan fingerprint density at radius 3 is 2.79 bits per heavy atom. The molecule has 0 spiro atoms. The molecule has 0 amide bonds. The fourth-order valence-corrected chi connectivity index (χ4v) is 2.96. The summed E-state index contributed by atoms with van der Waals surface area (Å²) in [5, 5.41) is 20.0. The van der Waals surface area contributed by atoms with Gasteiger partial charge in [0.15, 0.2) is 0 Å². The summed E-state index contributed by atoms with van der Waals surface area (Å²) >= 11 is 0. The van der Waals surface area contributed by atoms with Crippen molar-refractivity contribution < 1.29 is 9.84 Å². The van der Waals surface area contributed by atoms with Crippen molar-refractivity contribution >= 4 is 0 Å². The van der Waals surface area contributed by atoms with Gasteiger partial charge in [-0.1, -0.05) is 26.2 Å². The van der Waals surface area contributed by atoms with Gasteiger partial charge in [0.1, 0.15) is 0 Å². The zero-order valence-corrected chi connectivity index (χ0v) is 12.5. The number of hydrogen-bond acceptors (Lipinski definition) is 3. The van der Waals surface area contributed by atoms with E-state index >= 15 is 0 Å². The van der Waals surface area contributed by atoms with Crippen LogP contribution in [0.2, 0.25) is 0 Å².